The summed E-state index contributed by atoms with van der Waals surface area (Å²) in [6.07, 6.45) is 1.98. The van der Waals surface area contributed by atoms with Crippen LogP contribution >= 0.6 is 0 Å². The van der Waals surface area contributed by atoms with Crippen molar-refractivity contribution in [2.75, 3.05) is 40.8 Å². The summed E-state index contributed by atoms with van der Waals surface area (Å²) in [4.78, 5) is 45.8. The van der Waals surface area contributed by atoms with Crippen molar-refractivity contribution in [2.24, 2.45) is 11.5 Å². The predicted molar refractivity (Wildman–Crippen MR) is 171 cm³/mol. The van der Waals surface area contributed by atoms with E-state index < -0.39 is 11.7 Å². The highest BCUT2D eigenvalue weighted by atomic mass is 19.4. The lowest BCUT2D eigenvalue weighted by Gasteiger charge is -2.28. The summed E-state index contributed by atoms with van der Waals surface area (Å²) in [5.41, 5.74) is 10.0. The van der Waals surface area contributed by atoms with Crippen LogP contribution in [0.5, 0.6) is 0 Å². The molecule has 13 heteroatoms. The van der Waals surface area contributed by atoms with Crippen molar-refractivity contribution in [3.63, 3.8) is 0 Å². The van der Waals surface area contributed by atoms with Gasteiger partial charge in [-0.15, -0.1) is 0 Å². The predicted octanol–water partition coefficient (Wildman–Crippen LogP) is 3.91. The van der Waals surface area contributed by atoms with Gasteiger partial charge in [-0.25, -0.2) is 0 Å². The third-order valence-corrected chi connectivity index (χ3v) is 6.05. The molecule has 3 amide bonds. The lowest BCUT2D eigenvalue weighted by Crippen LogP contribution is -2.50. The number of alkyl halides is 3. The molecule has 10 nitrogen and oxygen atoms in total. The summed E-state index contributed by atoms with van der Waals surface area (Å²) in [5.74, 6) is -0.106. The van der Waals surface area contributed by atoms with Crippen LogP contribution in [0.2, 0.25) is 0 Å². The summed E-state index contributed by atoms with van der Waals surface area (Å²) in [7, 11) is 4.62. The van der Waals surface area contributed by atoms with Crippen LogP contribution in [0.15, 0.2) is 24.3 Å². The number of nitrogens with two attached hydrogens (primary N) is 2. The maximum atomic E-state index is 12.4. The van der Waals surface area contributed by atoms with Gasteiger partial charge in [-0.05, 0) is 77.7 Å². The van der Waals surface area contributed by atoms with Gasteiger partial charge in [0.15, 0.2) is 0 Å². The quantitative estimate of drug-likeness (QED) is 0.381. The molecule has 1 aromatic carbocycles. The van der Waals surface area contributed by atoms with Gasteiger partial charge in [0.2, 0.25) is 17.7 Å². The standard InChI is InChI=1S/C12H21N3O2.C8H7F3.C4H9NO.C3H9N.C2H6.CH4O.CH2O/c1-13-11(16)9-5-4-8-15(9)12(17)10-6-3-7-14(10)2;1-6-2-4-7(5-3-6)8(9,10)11;1-2-3-4(5)6;1-2-3-4;3*1-2/h9-10H,3-8H2,1-2H3,(H,13,16);2-5H,1H3;2-3H2,1H3,(H2,5,6);2-4H2,1H3;1-2H3;2H,1H3;1H2. The number of aryl methyl sites for hydroxylation is 1. The lowest BCUT2D eigenvalue weighted by molar-refractivity contribution is -0.141. The Bertz CT molecular complexity index is 856. The average molecular weight is 638 g/mol. The van der Waals surface area contributed by atoms with Crippen LogP contribution in [0.4, 0.5) is 13.2 Å². The number of amides is 3. The highest BCUT2D eigenvalue weighted by Gasteiger charge is 2.39. The number of primary amides is 1. The number of likely N-dealkylation sites (N-methyl/N-ethyl adjacent to an activating group) is 2. The Hall–Kier alpha value is -3.03. The zero-order valence-electron chi connectivity index (χ0n) is 28.0. The van der Waals surface area contributed by atoms with E-state index in [0.717, 1.165) is 83.0 Å². The number of aliphatic hydroxyl groups excluding tert-OH is 1. The first-order valence-electron chi connectivity index (χ1n) is 14.9. The van der Waals surface area contributed by atoms with Crippen molar-refractivity contribution in [2.45, 2.75) is 97.8 Å². The Labute approximate surface area is 262 Å². The van der Waals surface area contributed by atoms with Gasteiger partial charge in [0, 0.05) is 27.1 Å². The van der Waals surface area contributed by atoms with E-state index in [4.69, 9.17) is 21.4 Å². The molecule has 2 fully saturated rings. The molecule has 258 valence electrons. The molecule has 2 heterocycles. The number of rotatable bonds is 5. The molecule has 2 atom stereocenters. The van der Waals surface area contributed by atoms with E-state index in [9.17, 15) is 27.6 Å². The first-order chi connectivity index (χ1) is 20.8. The minimum absolute atomic E-state index is 0.0137. The first kappa shape index (κ1) is 47.9. The number of halogens is 3. The molecule has 2 saturated heterocycles. The molecule has 0 radical (unpaired) electrons. The number of nitrogens with one attached hydrogen (secondary N) is 1. The third-order valence-electron chi connectivity index (χ3n) is 6.05. The van der Waals surface area contributed by atoms with Crippen molar-refractivity contribution < 1.29 is 37.5 Å². The van der Waals surface area contributed by atoms with Crippen molar-refractivity contribution in [1.29, 1.82) is 0 Å². The van der Waals surface area contributed by atoms with Gasteiger partial charge >= 0.3 is 6.18 Å². The molecule has 0 spiro atoms. The van der Waals surface area contributed by atoms with Crippen molar-refractivity contribution in [3.05, 3.63) is 35.4 Å². The topological polar surface area (TPSA) is 159 Å². The summed E-state index contributed by atoms with van der Waals surface area (Å²) in [5, 5.41) is 9.65. The van der Waals surface area contributed by atoms with E-state index in [1.54, 1.807) is 18.9 Å². The zero-order valence-corrected chi connectivity index (χ0v) is 28.0. The minimum atomic E-state index is -4.21. The van der Waals surface area contributed by atoms with Gasteiger partial charge in [0.1, 0.15) is 12.8 Å². The Morgan fingerprint density at radius 1 is 0.977 bits per heavy atom. The number of aliphatic hydroxyl groups is 1. The number of carbonyl (C=O) groups excluding carboxylic acids is 4. The van der Waals surface area contributed by atoms with Gasteiger partial charge in [-0.3, -0.25) is 19.3 Å². The van der Waals surface area contributed by atoms with E-state index >= 15 is 0 Å². The molecule has 2 unspecified atom stereocenters. The van der Waals surface area contributed by atoms with Crippen molar-refractivity contribution in [1.82, 2.24) is 15.1 Å². The molecule has 0 bridgehead atoms. The normalized spacial score (nSPS) is 16.5. The highest BCUT2D eigenvalue weighted by molar-refractivity contribution is 5.90. The molecule has 1 aromatic rings. The molecule has 2 aliphatic rings. The van der Waals surface area contributed by atoms with Crippen LogP contribution in [0.25, 0.3) is 0 Å². The Morgan fingerprint density at radius 3 is 1.75 bits per heavy atom. The van der Waals surface area contributed by atoms with Crippen LogP contribution in [-0.2, 0) is 25.4 Å². The molecule has 3 rings (SSSR count). The van der Waals surface area contributed by atoms with Crippen LogP contribution < -0.4 is 16.8 Å². The summed E-state index contributed by atoms with van der Waals surface area (Å²) in [6.45, 7) is 14.3. The average Bonchev–Trinajstić information content (AvgIpc) is 3.69. The largest absolute Gasteiger partial charge is 0.416 e. The molecular formula is C31H58F3N5O5. The second kappa shape index (κ2) is 30.0. The number of hydrogen-bond donors (Lipinski definition) is 4. The Morgan fingerprint density at radius 2 is 1.43 bits per heavy atom. The molecule has 0 saturated carbocycles. The van der Waals surface area contributed by atoms with E-state index in [2.05, 4.69) is 17.1 Å². The fourth-order valence-electron chi connectivity index (χ4n) is 3.87. The summed E-state index contributed by atoms with van der Waals surface area (Å²) >= 11 is 0. The number of nitrogens with zero attached hydrogens (tertiary/aromatic N) is 2. The number of benzene rings is 1. The van der Waals surface area contributed by atoms with Gasteiger partial charge in [0.25, 0.3) is 0 Å². The second-order valence-corrected chi connectivity index (χ2v) is 9.31. The second-order valence-electron chi connectivity index (χ2n) is 9.31. The van der Waals surface area contributed by atoms with Crippen molar-refractivity contribution in [3.8, 4) is 0 Å². The maximum Gasteiger partial charge on any atom is 0.416 e. The van der Waals surface area contributed by atoms with E-state index in [-0.39, 0.29) is 29.8 Å². The van der Waals surface area contributed by atoms with Gasteiger partial charge in [-0.1, -0.05) is 45.4 Å². The Kier molecular flexibility index (Phi) is 32.7. The molecular weight excluding hydrogens is 579 g/mol. The van der Waals surface area contributed by atoms with Gasteiger partial charge in [-0.2, -0.15) is 13.2 Å². The van der Waals surface area contributed by atoms with Crippen molar-refractivity contribution >= 4 is 24.5 Å². The number of hydrogen-bond acceptors (Lipinski definition) is 7. The molecule has 44 heavy (non-hydrogen) atoms. The van der Waals surface area contributed by atoms with E-state index in [1.165, 1.54) is 12.1 Å². The highest BCUT2D eigenvalue weighted by Crippen LogP contribution is 2.29. The fraction of sp³-hybridized carbons (Fsp3) is 0.677. The van der Waals surface area contributed by atoms with E-state index in [1.807, 2.05) is 34.6 Å². The molecule has 6 N–H and O–H groups in total. The van der Waals surface area contributed by atoms with Gasteiger partial charge < -0.3 is 31.6 Å². The summed E-state index contributed by atoms with van der Waals surface area (Å²) in [6, 6.07) is 4.79. The van der Waals surface area contributed by atoms with E-state index in [0.29, 0.717) is 6.42 Å². The monoisotopic (exact) mass is 637 g/mol. The summed E-state index contributed by atoms with van der Waals surface area (Å²) < 4.78 is 35.8. The minimum Gasteiger partial charge on any atom is -0.400 e. The van der Waals surface area contributed by atoms with Gasteiger partial charge in [0.05, 0.1) is 11.6 Å². The van der Waals surface area contributed by atoms with Crippen LogP contribution in [0.1, 0.15) is 83.8 Å². The number of carbonyl (C=O) groups is 4. The smallest absolute Gasteiger partial charge is 0.400 e. The van der Waals surface area contributed by atoms with Crippen LogP contribution in [-0.4, -0.2) is 92.3 Å². The fourth-order valence-corrected chi connectivity index (χ4v) is 3.87. The molecule has 0 aromatic heterocycles. The maximum absolute atomic E-state index is 12.4. The van der Waals surface area contributed by atoms with Crippen LogP contribution in [0.3, 0.4) is 0 Å². The Balaban J connectivity index is -0.000000256. The zero-order chi connectivity index (χ0) is 35.3. The number of likely N-dealkylation sites (tertiary alicyclic amines) is 2. The van der Waals surface area contributed by atoms with Crippen LogP contribution in [0, 0.1) is 6.92 Å². The lowest BCUT2D eigenvalue weighted by atomic mass is 10.1. The first-order valence-corrected chi connectivity index (χ1v) is 14.9. The molecule has 0 aliphatic carbocycles. The molecule has 2 aliphatic heterocycles. The SMILES string of the molecule is C=O.CC.CCCC(N)=O.CCCN.CNC(=O)C1CCCN1C(=O)C1CCCN1C.CO.Cc1ccc(C(F)(F)F)cc1. The third kappa shape index (κ3) is 21.6.